The molecule has 2 rings (SSSR count). The van der Waals surface area contributed by atoms with E-state index in [1.807, 2.05) is 0 Å². The normalized spacial score (nSPS) is 10.6. The number of methoxy groups -OCH3 is 1. The first-order chi connectivity index (χ1) is 9.72. The summed E-state index contributed by atoms with van der Waals surface area (Å²) in [5.74, 6) is -0.199. The Morgan fingerprint density at radius 3 is 3.00 bits per heavy atom. The third-order valence-corrected chi connectivity index (χ3v) is 2.76. The second-order valence-electron chi connectivity index (χ2n) is 4.25. The quantitative estimate of drug-likeness (QED) is 0.802. The van der Waals surface area contributed by atoms with Crippen LogP contribution in [0.4, 0.5) is 10.1 Å². The van der Waals surface area contributed by atoms with Crippen LogP contribution in [0.25, 0.3) is 0 Å². The second kappa shape index (κ2) is 6.85. The number of aromatic nitrogens is 3. The molecule has 0 unspecified atom stereocenters. The van der Waals surface area contributed by atoms with E-state index < -0.39 is 5.82 Å². The lowest BCUT2D eigenvalue weighted by Crippen LogP contribution is -2.01. The summed E-state index contributed by atoms with van der Waals surface area (Å²) in [6, 6.07) is 4.67. The monoisotopic (exact) mass is 280 g/mol. The molecule has 0 aliphatic heterocycles. The Bertz CT molecular complexity index is 559. The molecule has 0 saturated carbocycles. The second-order valence-corrected chi connectivity index (χ2v) is 4.25. The zero-order chi connectivity index (χ0) is 14.4. The van der Waals surface area contributed by atoms with E-state index in [0.29, 0.717) is 25.2 Å². The number of rotatable bonds is 7. The number of aliphatic hydroxyl groups is 1. The number of benzene rings is 1. The van der Waals surface area contributed by atoms with Gasteiger partial charge in [0.2, 0.25) is 0 Å². The molecular weight excluding hydrogens is 263 g/mol. The smallest absolute Gasteiger partial charge is 0.167 e. The van der Waals surface area contributed by atoms with Crippen LogP contribution in [0, 0.1) is 5.82 Å². The van der Waals surface area contributed by atoms with Gasteiger partial charge in [0.1, 0.15) is 5.69 Å². The molecule has 0 bridgehead atoms. The highest BCUT2D eigenvalue weighted by molar-refractivity contribution is 5.47. The molecule has 1 aromatic heterocycles. The molecule has 0 amide bonds. The Kier molecular flexibility index (Phi) is 4.89. The Balaban J connectivity index is 1.91. The van der Waals surface area contributed by atoms with Crippen LogP contribution in [0.1, 0.15) is 12.1 Å². The molecule has 2 N–H and O–H groups in total. The highest BCUT2D eigenvalue weighted by atomic mass is 19.1. The van der Waals surface area contributed by atoms with E-state index in [2.05, 4.69) is 15.6 Å². The van der Waals surface area contributed by atoms with E-state index in [9.17, 15) is 4.39 Å². The van der Waals surface area contributed by atoms with Crippen molar-refractivity contribution in [2.24, 2.45) is 0 Å². The third kappa shape index (κ3) is 3.67. The van der Waals surface area contributed by atoms with Gasteiger partial charge in [0.15, 0.2) is 11.6 Å². The minimum absolute atomic E-state index is 0.124. The summed E-state index contributed by atoms with van der Waals surface area (Å²) in [4.78, 5) is 0. The molecule has 0 spiro atoms. The summed E-state index contributed by atoms with van der Waals surface area (Å²) in [5.41, 5.74) is 1.40. The van der Waals surface area contributed by atoms with Crippen molar-refractivity contribution < 1.29 is 14.2 Å². The van der Waals surface area contributed by atoms with Crippen LogP contribution in [0.3, 0.4) is 0 Å². The van der Waals surface area contributed by atoms with Crippen molar-refractivity contribution in [3.63, 3.8) is 0 Å². The van der Waals surface area contributed by atoms with Gasteiger partial charge < -0.3 is 15.2 Å². The molecule has 0 radical (unpaired) electrons. The molecule has 0 atom stereocenters. The average molecular weight is 280 g/mol. The van der Waals surface area contributed by atoms with Gasteiger partial charge in [0, 0.05) is 24.9 Å². The Morgan fingerprint density at radius 2 is 2.30 bits per heavy atom. The van der Waals surface area contributed by atoms with E-state index in [1.165, 1.54) is 13.2 Å². The van der Waals surface area contributed by atoms with Crippen molar-refractivity contribution in [1.29, 1.82) is 0 Å². The number of ether oxygens (including phenoxy) is 1. The molecule has 1 heterocycles. The van der Waals surface area contributed by atoms with Crippen molar-refractivity contribution in [2.45, 2.75) is 19.5 Å². The molecule has 7 heteroatoms. The minimum Gasteiger partial charge on any atom is -0.494 e. The SMILES string of the molecule is COc1ccc(NCc2cn(CCCO)nn2)cc1F. The predicted molar refractivity (Wildman–Crippen MR) is 72.0 cm³/mol. The van der Waals surface area contributed by atoms with Crippen molar-refractivity contribution in [3.05, 3.63) is 35.9 Å². The van der Waals surface area contributed by atoms with Gasteiger partial charge in [-0.1, -0.05) is 5.21 Å². The van der Waals surface area contributed by atoms with Gasteiger partial charge in [-0.25, -0.2) is 4.39 Å². The fraction of sp³-hybridized carbons (Fsp3) is 0.385. The van der Waals surface area contributed by atoms with Crippen LogP contribution in [0.5, 0.6) is 5.75 Å². The topological polar surface area (TPSA) is 72.2 Å². The van der Waals surface area contributed by atoms with Gasteiger partial charge in [-0.15, -0.1) is 5.10 Å². The zero-order valence-corrected chi connectivity index (χ0v) is 11.2. The first-order valence-corrected chi connectivity index (χ1v) is 6.30. The lowest BCUT2D eigenvalue weighted by molar-refractivity contribution is 0.276. The Labute approximate surface area is 116 Å². The minimum atomic E-state index is -0.413. The van der Waals surface area contributed by atoms with Gasteiger partial charge in [-0.05, 0) is 18.6 Å². The summed E-state index contributed by atoms with van der Waals surface area (Å²) < 4.78 is 20.0. The lowest BCUT2D eigenvalue weighted by atomic mass is 10.3. The number of aliphatic hydroxyl groups excluding tert-OH is 1. The maximum atomic E-state index is 13.5. The Morgan fingerprint density at radius 1 is 1.45 bits per heavy atom. The fourth-order valence-corrected chi connectivity index (χ4v) is 1.73. The molecule has 108 valence electrons. The molecule has 0 aliphatic carbocycles. The highest BCUT2D eigenvalue weighted by Crippen LogP contribution is 2.20. The number of aryl methyl sites for hydroxylation is 1. The summed E-state index contributed by atoms with van der Waals surface area (Å²) in [7, 11) is 1.43. The summed E-state index contributed by atoms with van der Waals surface area (Å²) in [6.07, 6.45) is 2.43. The molecular formula is C13H17FN4O2. The van der Waals surface area contributed by atoms with Crippen molar-refractivity contribution in [2.75, 3.05) is 19.0 Å². The summed E-state index contributed by atoms with van der Waals surface area (Å²) in [5, 5.41) is 19.7. The molecule has 1 aromatic carbocycles. The Hall–Kier alpha value is -2.15. The first kappa shape index (κ1) is 14.3. The van der Waals surface area contributed by atoms with E-state index >= 15 is 0 Å². The maximum absolute atomic E-state index is 13.5. The van der Waals surface area contributed by atoms with Crippen LogP contribution in [0.2, 0.25) is 0 Å². The standard InChI is InChI=1S/C13H17FN4O2/c1-20-13-4-3-10(7-12(13)14)15-8-11-9-18(17-16-11)5-2-6-19/h3-4,7,9,15,19H,2,5-6,8H2,1H3. The van der Waals surface area contributed by atoms with Gasteiger partial charge in [0.25, 0.3) is 0 Å². The molecule has 20 heavy (non-hydrogen) atoms. The highest BCUT2D eigenvalue weighted by Gasteiger charge is 2.04. The van der Waals surface area contributed by atoms with E-state index in [0.717, 1.165) is 5.69 Å². The van der Waals surface area contributed by atoms with E-state index in [-0.39, 0.29) is 12.4 Å². The summed E-state index contributed by atoms with van der Waals surface area (Å²) >= 11 is 0. The summed E-state index contributed by atoms with van der Waals surface area (Å²) in [6.45, 7) is 1.20. The maximum Gasteiger partial charge on any atom is 0.167 e. The van der Waals surface area contributed by atoms with Crippen LogP contribution in [-0.4, -0.2) is 33.8 Å². The van der Waals surface area contributed by atoms with Gasteiger partial charge >= 0.3 is 0 Å². The number of anilines is 1. The number of halogens is 1. The largest absolute Gasteiger partial charge is 0.494 e. The number of hydrogen-bond acceptors (Lipinski definition) is 5. The lowest BCUT2D eigenvalue weighted by Gasteiger charge is -2.06. The fourth-order valence-electron chi connectivity index (χ4n) is 1.73. The molecule has 0 aliphatic rings. The predicted octanol–water partition coefficient (Wildman–Crippen LogP) is 1.42. The zero-order valence-electron chi connectivity index (χ0n) is 11.2. The van der Waals surface area contributed by atoms with E-state index in [1.54, 1.807) is 23.0 Å². The van der Waals surface area contributed by atoms with Crippen LogP contribution >= 0.6 is 0 Å². The molecule has 6 nitrogen and oxygen atoms in total. The van der Waals surface area contributed by atoms with Gasteiger partial charge in [0.05, 0.1) is 19.9 Å². The van der Waals surface area contributed by atoms with Gasteiger partial charge in [-0.3, -0.25) is 4.68 Å². The van der Waals surface area contributed by atoms with Crippen molar-refractivity contribution in [1.82, 2.24) is 15.0 Å². The number of hydrogen-bond donors (Lipinski definition) is 2. The molecule has 0 fully saturated rings. The van der Waals surface area contributed by atoms with Crippen molar-refractivity contribution in [3.8, 4) is 5.75 Å². The van der Waals surface area contributed by atoms with Gasteiger partial charge in [-0.2, -0.15) is 0 Å². The first-order valence-electron chi connectivity index (χ1n) is 6.30. The van der Waals surface area contributed by atoms with Crippen LogP contribution in [-0.2, 0) is 13.1 Å². The van der Waals surface area contributed by atoms with Crippen LogP contribution < -0.4 is 10.1 Å². The molecule has 2 aromatic rings. The van der Waals surface area contributed by atoms with Crippen molar-refractivity contribution >= 4 is 5.69 Å². The third-order valence-electron chi connectivity index (χ3n) is 2.76. The molecule has 0 saturated heterocycles. The van der Waals surface area contributed by atoms with Crippen LogP contribution in [0.15, 0.2) is 24.4 Å². The van der Waals surface area contributed by atoms with E-state index in [4.69, 9.17) is 9.84 Å². The average Bonchev–Trinajstić information content (AvgIpc) is 2.91. The number of nitrogens with zero attached hydrogens (tertiary/aromatic N) is 3. The number of nitrogens with one attached hydrogen (secondary N) is 1.